The molecule has 108 valence electrons. The number of aromatic nitrogens is 1. The van der Waals surface area contributed by atoms with Crippen LogP contribution in [0.5, 0.6) is 0 Å². The van der Waals surface area contributed by atoms with Gasteiger partial charge in [-0.05, 0) is 44.4 Å². The lowest BCUT2D eigenvalue weighted by Crippen LogP contribution is -2.18. The van der Waals surface area contributed by atoms with E-state index in [1.165, 1.54) is 11.3 Å². The summed E-state index contributed by atoms with van der Waals surface area (Å²) in [6.45, 7) is 7.68. The van der Waals surface area contributed by atoms with E-state index in [2.05, 4.69) is 43.2 Å². The Labute approximate surface area is 124 Å². The molecule has 0 saturated heterocycles. The average Bonchev–Trinajstić information content (AvgIpc) is 2.91. The van der Waals surface area contributed by atoms with E-state index in [0.29, 0.717) is 12.0 Å². The maximum atomic E-state index is 5.97. The molecule has 3 atom stereocenters. The molecule has 1 aliphatic carbocycles. The van der Waals surface area contributed by atoms with Gasteiger partial charge in [0.2, 0.25) is 0 Å². The van der Waals surface area contributed by atoms with Gasteiger partial charge in [-0.2, -0.15) is 0 Å². The van der Waals surface area contributed by atoms with Gasteiger partial charge in [0.25, 0.3) is 0 Å². The smallest absolute Gasteiger partial charge is 0.162 e. The predicted octanol–water partition coefficient (Wildman–Crippen LogP) is 4.59. The number of hydrogen-bond donors (Lipinski definition) is 1. The van der Waals surface area contributed by atoms with Crippen molar-refractivity contribution in [3.63, 3.8) is 0 Å². The third-order valence-corrected chi connectivity index (χ3v) is 5.16. The van der Waals surface area contributed by atoms with E-state index in [1.54, 1.807) is 11.3 Å². The van der Waals surface area contributed by atoms with Gasteiger partial charge in [0.05, 0.1) is 0 Å². The van der Waals surface area contributed by atoms with Crippen LogP contribution in [0.4, 0.5) is 0 Å². The standard InChI is InChI=1S/C16H22N2OS/c1-4-7-17-11(3)15-9-18-16(20-15)14-6-5-13(19-14)12-8-10(12)2/h5-6,9-12,17H,4,7-8H2,1-3H3. The molecule has 2 aromatic rings. The number of thiazole rings is 1. The summed E-state index contributed by atoms with van der Waals surface area (Å²) in [4.78, 5) is 5.78. The van der Waals surface area contributed by atoms with E-state index in [9.17, 15) is 0 Å². The number of nitrogens with zero attached hydrogens (tertiary/aromatic N) is 1. The summed E-state index contributed by atoms with van der Waals surface area (Å²) >= 11 is 1.72. The zero-order valence-corrected chi connectivity index (χ0v) is 13.2. The van der Waals surface area contributed by atoms with Gasteiger partial charge in [-0.1, -0.05) is 13.8 Å². The fraction of sp³-hybridized carbons (Fsp3) is 0.562. The third-order valence-electron chi connectivity index (χ3n) is 3.96. The van der Waals surface area contributed by atoms with Crippen LogP contribution in [0.2, 0.25) is 0 Å². The van der Waals surface area contributed by atoms with Crippen molar-refractivity contribution in [2.24, 2.45) is 5.92 Å². The number of nitrogens with one attached hydrogen (secondary N) is 1. The van der Waals surface area contributed by atoms with Crippen molar-refractivity contribution >= 4 is 11.3 Å². The van der Waals surface area contributed by atoms with Gasteiger partial charge in [-0.3, -0.25) is 0 Å². The van der Waals surface area contributed by atoms with E-state index < -0.39 is 0 Å². The molecule has 2 aromatic heterocycles. The van der Waals surface area contributed by atoms with Crippen LogP contribution in [0, 0.1) is 5.92 Å². The highest BCUT2D eigenvalue weighted by Gasteiger charge is 2.36. The average molecular weight is 290 g/mol. The molecule has 1 fully saturated rings. The SMILES string of the molecule is CCCNC(C)c1cnc(-c2ccc(C3CC3C)o2)s1. The molecule has 1 aliphatic rings. The van der Waals surface area contributed by atoms with Crippen molar-refractivity contribution in [1.29, 1.82) is 0 Å². The van der Waals surface area contributed by atoms with Crippen LogP contribution in [-0.2, 0) is 0 Å². The molecule has 0 aliphatic heterocycles. The topological polar surface area (TPSA) is 38.1 Å². The van der Waals surface area contributed by atoms with Crippen molar-refractivity contribution in [2.45, 2.75) is 45.6 Å². The van der Waals surface area contributed by atoms with E-state index in [-0.39, 0.29) is 0 Å². The summed E-state index contributed by atoms with van der Waals surface area (Å²) in [6.07, 6.45) is 4.38. The minimum Gasteiger partial charge on any atom is -0.458 e. The summed E-state index contributed by atoms with van der Waals surface area (Å²) in [5.74, 6) is 3.45. The van der Waals surface area contributed by atoms with Crippen LogP contribution >= 0.6 is 11.3 Å². The van der Waals surface area contributed by atoms with Gasteiger partial charge >= 0.3 is 0 Å². The van der Waals surface area contributed by atoms with Gasteiger partial charge < -0.3 is 9.73 Å². The van der Waals surface area contributed by atoms with Crippen molar-refractivity contribution in [2.75, 3.05) is 6.54 Å². The highest BCUT2D eigenvalue weighted by atomic mass is 32.1. The third kappa shape index (κ3) is 2.81. The monoisotopic (exact) mass is 290 g/mol. The number of hydrogen-bond acceptors (Lipinski definition) is 4. The van der Waals surface area contributed by atoms with Gasteiger partial charge in [0, 0.05) is 23.0 Å². The van der Waals surface area contributed by atoms with Crippen molar-refractivity contribution in [3.8, 4) is 10.8 Å². The van der Waals surface area contributed by atoms with Crippen LogP contribution in [0.3, 0.4) is 0 Å². The minimum atomic E-state index is 0.360. The molecule has 0 spiro atoms. The van der Waals surface area contributed by atoms with Crippen molar-refractivity contribution < 1.29 is 4.42 Å². The predicted molar refractivity (Wildman–Crippen MR) is 83.0 cm³/mol. The maximum absolute atomic E-state index is 5.97. The first kappa shape index (κ1) is 13.8. The first-order valence-corrected chi connectivity index (χ1v) is 8.30. The normalized spacial score (nSPS) is 22.9. The Morgan fingerprint density at radius 1 is 1.50 bits per heavy atom. The maximum Gasteiger partial charge on any atom is 0.162 e. The summed E-state index contributed by atoms with van der Waals surface area (Å²) in [6, 6.07) is 4.54. The highest BCUT2D eigenvalue weighted by Crippen LogP contribution is 2.48. The molecule has 0 bridgehead atoms. The van der Waals surface area contributed by atoms with Crippen LogP contribution in [0.1, 0.15) is 56.2 Å². The van der Waals surface area contributed by atoms with Crippen LogP contribution in [0.25, 0.3) is 10.8 Å². The molecule has 1 saturated carbocycles. The molecule has 3 unspecified atom stereocenters. The van der Waals surface area contributed by atoms with E-state index in [0.717, 1.165) is 35.4 Å². The second kappa shape index (κ2) is 5.70. The van der Waals surface area contributed by atoms with Crippen molar-refractivity contribution in [3.05, 3.63) is 29.0 Å². The quantitative estimate of drug-likeness (QED) is 0.845. The Morgan fingerprint density at radius 2 is 2.30 bits per heavy atom. The molecule has 0 radical (unpaired) electrons. The molecule has 2 heterocycles. The Balaban J connectivity index is 1.71. The summed E-state index contributed by atoms with van der Waals surface area (Å²) in [5, 5.41) is 4.48. The molecule has 3 nitrogen and oxygen atoms in total. The van der Waals surface area contributed by atoms with Crippen LogP contribution in [0.15, 0.2) is 22.7 Å². The summed E-state index contributed by atoms with van der Waals surface area (Å²) in [7, 11) is 0. The summed E-state index contributed by atoms with van der Waals surface area (Å²) < 4.78 is 5.97. The van der Waals surface area contributed by atoms with Gasteiger partial charge in [0.1, 0.15) is 5.76 Å². The van der Waals surface area contributed by atoms with Crippen LogP contribution in [-0.4, -0.2) is 11.5 Å². The zero-order valence-electron chi connectivity index (χ0n) is 12.3. The molecule has 3 rings (SSSR count). The zero-order chi connectivity index (χ0) is 14.1. The Morgan fingerprint density at radius 3 is 3.00 bits per heavy atom. The highest BCUT2D eigenvalue weighted by molar-refractivity contribution is 7.15. The van der Waals surface area contributed by atoms with Gasteiger partial charge in [-0.15, -0.1) is 11.3 Å². The van der Waals surface area contributed by atoms with E-state index in [1.807, 2.05) is 6.20 Å². The Bertz CT molecular complexity index is 575. The van der Waals surface area contributed by atoms with Gasteiger partial charge in [0.15, 0.2) is 10.8 Å². The molecular weight excluding hydrogens is 268 g/mol. The molecule has 1 N–H and O–H groups in total. The molecule has 4 heteroatoms. The number of furan rings is 1. The van der Waals surface area contributed by atoms with E-state index >= 15 is 0 Å². The Kier molecular flexibility index (Phi) is 3.94. The number of rotatable bonds is 6. The largest absolute Gasteiger partial charge is 0.458 e. The van der Waals surface area contributed by atoms with E-state index in [4.69, 9.17) is 4.42 Å². The first-order valence-electron chi connectivity index (χ1n) is 7.48. The first-order chi connectivity index (χ1) is 9.69. The second-order valence-electron chi connectivity index (χ2n) is 5.77. The lowest BCUT2D eigenvalue weighted by Gasteiger charge is -2.09. The van der Waals surface area contributed by atoms with Crippen LogP contribution < -0.4 is 5.32 Å². The molecular formula is C16H22N2OS. The fourth-order valence-corrected chi connectivity index (χ4v) is 3.35. The Hall–Kier alpha value is -1.13. The fourth-order valence-electron chi connectivity index (χ4n) is 2.45. The molecule has 0 amide bonds. The lowest BCUT2D eigenvalue weighted by molar-refractivity contribution is 0.518. The second-order valence-corrected chi connectivity index (χ2v) is 6.83. The van der Waals surface area contributed by atoms with Gasteiger partial charge in [-0.25, -0.2) is 4.98 Å². The minimum absolute atomic E-state index is 0.360. The lowest BCUT2D eigenvalue weighted by atomic mass is 10.3. The summed E-state index contributed by atoms with van der Waals surface area (Å²) in [5.41, 5.74) is 0. The molecule has 0 aromatic carbocycles. The molecule has 20 heavy (non-hydrogen) atoms. The van der Waals surface area contributed by atoms with Crippen molar-refractivity contribution in [1.82, 2.24) is 10.3 Å².